The van der Waals surface area contributed by atoms with Crippen LogP contribution < -0.4 is 10.6 Å². The standard InChI is InChI=1S/C20H32N6O2S/c1-3-12-29-20-24-18(22-9-11-28-2)16-14-23-26(19(16)25-20)10-8-21-17(27)13-15-6-4-5-7-15/h14-15H,3-13H2,1-2H3,(H,21,27)(H,22,24,25). The Bertz CT molecular complexity index is 791. The SMILES string of the molecule is CCCSc1nc(NCCOC)c2cnn(CCNC(=O)CC3CCCC3)c2n1. The topological polar surface area (TPSA) is 94.0 Å². The Hall–Kier alpha value is -1.87. The summed E-state index contributed by atoms with van der Waals surface area (Å²) in [7, 11) is 1.68. The molecule has 1 aliphatic rings. The summed E-state index contributed by atoms with van der Waals surface area (Å²) in [5.41, 5.74) is 0.795. The molecule has 0 unspecified atom stereocenters. The second-order valence-corrected chi connectivity index (χ2v) is 8.49. The van der Waals surface area contributed by atoms with Gasteiger partial charge in [0.15, 0.2) is 10.8 Å². The third-order valence-electron chi connectivity index (χ3n) is 5.10. The molecule has 1 fully saturated rings. The zero-order valence-electron chi connectivity index (χ0n) is 17.4. The molecule has 1 amide bonds. The first-order valence-electron chi connectivity index (χ1n) is 10.6. The molecular weight excluding hydrogens is 388 g/mol. The molecule has 160 valence electrons. The van der Waals surface area contributed by atoms with Gasteiger partial charge in [0.2, 0.25) is 5.91 Å². The number of amides is 1. The van der Waals surface area contributed by atoms with Gasteiger partial charge in [-0.25, -0.2) is 14.6 Å². The smallest absolute Gasteiger partial charge is 0.220 e. The molecule has 2 aromatic heterocycles. The van der Waals surface area contributed by atoms with E-state index >= 15 is 0 Å². The van der Waals surface area contributed by atoms with Crippen LogP contribution in [0.5, 0.6) is 0 Å². The van der Waals surface area contributed by atoms with E-state index in [-0.39, 0.29) is 5.91 Å². The number of hydrogen-bond donors (Lipinski definition) is 2. The fraction of sp³-hybridized carbons (Fsp3) is 0.700. The van der Waals surface area contributed by atoms with Crippen LogP contribution in [0.25, 0.3) is 11.0 Å². The molecule has 1 saturated carbocycles. The molecule has 0 atom stereocenters. The van der Waals surface area contributed by atoms with Crippen molar-refractivity contribution in [2.75, 3.05) is 37.9 Å². The first kappa shape index (κ1) is 21.8. The summed E-state index contributed by atoms with van der Waals surface area (Å²) >= 11 is 1.64. The van der Waals surface area contributed by atoms with Crippen molar-refractivity contribution in [2.45, 2.75) is 57.1 Å². The molecule has 0 aromatic carbocycles. The minimum Gasteiger partial charge on any atom is -0.383 e. The number of fused-ring (bicyclic) bond motifs is 1. The first-order valence-corrected chi connectivity index (χ1v) is 11.6. The van der Waals surface area contributed by atoms with Crippen LogP contribution in [0.3, 0.4) is 0 Å². The van der Waals surface area contributed by atoms with Gasteiger partial charge in [-0.15, -0.1) is 0 Å². The molecular formula is C20H32N6O2S. The quantitative estimate of drug-likeness (QED) is 0.310. The maximum absolute atomic E-state index is 12.2. The monoisotopic (exact) mass is 420 g/mol. The highest BCUT2D eigenvalue weighted by Gasteiger charge is 2.18. The van der Waals surface area contributed by atoms with Crippen LogP contribution in [-0.2, 0) is 16.1 Å². The number of nitrogens with zero attached hydrogens (tertiary/aromatic N) is 4. The van der Waals surface area contributed by atoms with E-state index in [9.17, 15) is 4.79 Å². The van der Waals surface area contributed by atoms with E-state index in [0.29, 0.717) is 38.6 Å². The Kier molecular flexibility index (Phi) is 8.54. The zero-order chi connectivity index (χ0) is 20.5. The summed E-state index contributed by atoms with van der Waals surface area (Å²) in [4.78, 5) is 21.5. The molecule has 0 aliphatic heterocycles. The van der Waals surface area contributed by atoms with Gasteiger partial charge in [0.1, 0.15) is 5.82 Å². The largest absolute Gasteiger partial charge is 0.383 e. The van der Waals surface area contributed by atoms with Gasteiger partial charge in [0.25, 0.3) is 0 Å². The minimum absolute atomic E-state index is 0.143. The van der Waals surface area contributed by atoms with E-state index in [4.69, 9.17) is 9.72 Å². The van der Waals surface area contributed by atoms with Crippen LogP contribution in [0.4, 0.5) is 5.82 Å². The Morgan fingerprint density at radius 1 is 1.31 bits per heavy atom. The number of carbonyl (C=O) groups excluding carboxylic acids is 1. The van der Waals surface area contributed by atoms with Crippen LogP contribution in [0.1, 0.15) is 45.4 Å². The average Bonchev–Trinajstić information content (AvgIpc) is 3.37. The van der Waals surface area contributed by atoms with E-state index in [0.717, 1.165) is 34.2 Å². The molecule has 2 heterocycles. The van der Waals surface area contributed by atoms with Crippen molar-refractivity contribution in [2.24, 2.45) is 5.92 Å². The lowest BCUT2D eigenvalue weighted by atomic mass is 10.0. The Morgan fingerprint density at radius 3 is 2.90 bits per heavy atom. The van der Waals surface area contributed by atoms with Crippen molar-refractivity contribution in [1.82, 2.24) is 25.1 Å². The molecule has 0 spiro atoms. The third-order valence-corrected chi connectivity index (χ3v) is 6.16. The van der Waals surface area contributed by atoms with Gasteiger partial charge in [-0.2, -0.15) is 5.10 Å². The van der Waals surface area contributed by atoms with Gasteiger partial charge in [-0.1, -0.05) is 31.5 Å². The van der Waals surface area contributed by atoms with Crippen molar-refractivity contribution in [3.63, 3.8) is 0 Å². The van der Waals surface area contributed by atoms with Gasteiger partial charge in [-0.3, -0.25) is 4.79 Å². The van der Waals surface area contributed by atoms with Crippen LogP contribution in [0.15, 0.2) is 11.4 Å². The van der Waals surface area contributed by atoms with Crippen LogP contribution in [0, 0.1) is 5.92 Å². The van der Waals surface area contributed by atoms with Crippen LogP contribution in [-0.4, -0.2) is 58.2 Å². The highest BCUT2D eigenvalue weighted by molar-refractivity contribution is 7.99. The summed E-state index contributed by atoms with van der Waals surface area (Å²) < 4.78 is 6.98. The van der Waals surface area contributed by atoms with Crippen LogP contribution >= 0.6 is 11.8 Å². The Labute approximate surface area is 176 Å². The van der Waals surface area contributed by atoms with Crippen molar-refractivity contribution >= 4 is 34.5 Å². The van der Waals surface area contributed by atoms with Gasteiger partial charge in [-0.05, 0) is 25.2 Å². The number of anilines is 1. The predicted octanol–water partition coefficient (Wildman–Crippen LogP) is 3.08. The molecule has 0 radical (unpaired) electrons. The lowest BCUT2D eigenvalue weighted by molar-refractivity contribution is -0.122. The number of aromatic nitrogens is 4. The number of methoxy groups -OCH3 is 1. The summed E-state index contributed by atoms with van der Waals surface area (Å²) in [6.45, 7) is 4.55. The molecule has 2 N–H and O–H groups in total. The van der Waals surface area contributed by atoms with Crippen molar-refractivity contribution < 1.29 is 9.53 Å². The van der Waals surface area contributed by atoms with Crippen LogP contribution in [0.2, 0.25) is 0 Å². The second-order valence-electron chi connectivity index (χ2n) is 7.43. The number of thioether (sulfide) groups is 1. The molecule has 8 nitrogen and oxygen atoms in total. The number of ether oxygens (including phenoxy) is 1. The second kappa shape index (κ2) is 11.3. The van der Waals surface area contributed by atoms with Gasteiger partial charge < -0.3 is 15.4 Å². The van der Waals surface area contributed by atoms with Gasteiger partial charge >= 0.3 is 0 Å². The number of rotatable bonds is 12. The normalized spacial score (nSPS) is 14.6. The third kappa shape index (κ3) is 6.30. The molecule has 0 bridgehead atoms. The van der Waals surface area contributed by atoms with E-state index in [1.807, 2.05) is 4.68 Å². The highest BCUT2D eigenvalue weighted by Crippen LogP contribution is 2.27. The lowest BCUT2D eigenvalue weighted by Gasteiger charge is -2.11. The van der Waals surface area contributed by atoms with Crippen molar-refractivity contribution in [3.8, 4) is 0 Å². The fourth-order valence-corrected chi connectivity index (χ4v) is 4.31. The zero-order valence-corrected chi connectivity index (χ0v) is 18.3. The average molecular weight is 421 g/mol. The molecule has 3 rings (SSSR count). The Morgan fingerprint density at radius 2 is 2.14 bits per heavy atom. The van der Waals surface area contributed by atoms with Gasteiger partial charge in [0.05, 0.1) is 24.7 Å². The summed E-state index contributed by atoms with van der Waals surface area (Å²) in [5.74, 6) is 2.45. The van der Waals surface area contributed by atoms with E-state index in [1.54, 1.807) is 25.1 Å². The first-order chi connectivity index (χ1) is 14.2. The van der Waals surface area contributed by atoms with Crippen molar-refractivity contribution in [3.05, 3.63) is 6.20 Å². The highest BCUT2D eigenvalue weighted by atomic mass is 32.2. The van der Waals surface area contributed by atoms with E-state index in [1.165, 1.54) is 25.7 Å². The van der Waals surface area contributed by atoms with Gasteiger partial charge in [0, 0.05) is 32.4 Å². The molecule has 9 heteroatoms. The summed E-state index contributed by atoms with van der Waals surface area (Å²) in [6.07, 6.45) is 8.39. The Balaban J connectivity index is 1.65. The number of hydrogen-bond acceptors (Lipinski definition) is 7. The molecule has 0 saturated heterocycles. The minimum atomic E-state index is 0.143. The molecule has 29 heavy (non-hydrogen) atoms. The maximum Gasteiger partial charge on any atom is 0.220 e. The lowest BCUT2D eigenvalue weighted by Crippen LogP contribution is -2.28. The predicted molar refractivity (Wildman–Crippen MR) is 116 cm³/mol. The van der Waals surface area contributed by atoms with Crippen molar-refractivity contribution in [1.29, 1.82) is 0 Å². The summed E-state index contributed by atoms with van der Waals surface area (Å²) in [6, 6.07) is 0. The fourth-order valence-electron chi connectivity index (χ4n) is 3.61. The molecule has 2 aromatic rings. The number of carbonyl (C=O) groups is 1. The van der Waals surface area contributed by atoms with E-state index in [2.05, 4.69) is 27.6 Å². The number of nitrogens with one attached hydrogen (secondary N) is 2. The van der Waals surface area contributed by atoms with E-state index < -0.39 is 0 Å². The maximum atomic E-state index is 12.2. The molecule has 1 aliphatic carbocycles. The summed E-state index contributed by atoms with van der Waals surface area (Å²) in [5, 5.41) is 12.5.